The number of hydrogen-bond acceptors (Lipinski definition) is 1. The Balaban J connectivity index is 2.95. The molecule has 2 nitrogen and oxygen atoms in total. The van der Waals surface area contributed by atoms with Crippen LogP contribution >= 0.6 is 0 Å². The minimum absolute atomic E-state index is 0.190. The fourth-order valence-electron chi connectivity index (χ4n) is 1.10. The maximum atomic E-state index is 10.8. The molecule has 0 fully saturated rings. The van der Waals surface area contributed by atoms with Crippen LogP contribution in [0.4, 0.5) is 0 Å². The second kappa shape index (κ2) is 3.39. The van der Waals surface area contributed by atoms with E-state index in [0.29, 0.717) is 0 Å². The van der Waals surface area contributed by atoms with Crippen molar-refractivity contribution in [1.29, 1.82) is 0 Å². The summed E-state index contributed by atoms with van der Waals surface area (Å²) in [6.45, 7) is 3.81. The number of amides is 1. The van der Waals surface area contributed by atoms with Gasteiger partial charge in [-0.3, -0.25) is 4.79 Å². The van der Waals surface area contributed by atoms with Crippen LogP contribution in [0, 0.1) is 6.92 Å². The Morgan fingerprint density at radius 1 is 1.50 bits per heavy atom. The molecular weight excluding hydrogens is 150 g/mol. The molecule has 2 N–H and O–H groups in total. The molecule has 0 aliphatic heterocycles. The lowest BCUT2D eigenvalue weighted by molar-refractivity contribution is -0.119. The zero-order chi connectivity index (χ0) is 9.14. The van der Waals surface area contributed by atoms with Crippen LogP contribution < -0.4 is 5.73 Å². The Bertz CT molecular complexity index is 294. The minimum atomic E-state index is -0.277. The number of carbonyl (C=O) groups excluding carboxylic acids is 1. The number of benzene rings is 1. The van der Waals surface area contributed by atoms with Gasteiger partial charge in [0.05, 0.1) is 5.92 Å². The molecular formula is C10H13NO. The Hall–Kier alpha value is -1.31. The second-order valence-electron chi connectivity index (χ2n) is 3.04. The Kier molecular flexibility index (Phi) is 2.48. The molecule has 0 radical (unpaired) electrons. The van der Waals surface area contributed by atoms with Gasteiger partial charge in [-0.15, -0.1) is 0 Å². The van der Waals surface area contributed by atoms with Crippen molar-refractivity contribution in [3.63, 3.8) is 0 Å². The number of nitrogens with two attached hydrogens (primary N) is 1. The van der Waals surface area contributed by atoms with Gasteiger partial charge in [0.15, 0.2) is 0 Å². The first-order valence-corrected chi connectivity index (χ1v) is 3.97. The first-order chi connectivity index (χ1) is 5.61. The average Bonchev–Trinajstić information content (AvgIpc) is 2.03. The molecule has 12 heavy (non-hydrogen) atoms. The van der Waals surface area contributed by atoms with Crippen LogP contribution in [0.2, 0.25) is 0 Å². The molecule has 64 valence electrons. The normalized spacial score (nSPS) is 12.5. The highest BCUT2D eigenvalue weighted by Gasteiger charge is 2.10. The molecule has 0 heterocycles. The minimum Gasteiger partial charge on any atom is -0.369 e. The van der Waals surface area contributed by atoms with E-state index in [0.717, 1.165) is 11.1 Å². The highest BCUT2D eigenvalue weighted by atomic mass is 16.1. The number of primary amides is 1. The van der Waals surface area contributed by atoms with Crippen LogP contribution in [0.1, 0.15) is 24.0 Å². The molecule has 0 aromatic heterocycles. The average molecular weight is 163 g/mol. The summed E-state index contributed by atoms with van der Waals surface area (Å²) in [5, 5.41) is 0. The number of carbonyl (C=O) groups is 1. The molecule has 0 aliphatic rings. The van der Waals surface area contributed by atoms with Crippen LogP contribution in [0.5, 0.6) is 0 Å². The first kappa shape index (κ1) is 8.78. The van der Waals surface area contributed by atoms with Crippen molar-refractivity contribution in [2.75, 3.05) is 0 Å². The standard InChI is InChI=1S/C10H13NO/c1-7-4-3-5-9(6-7)8(2)10(11)12/h3-6,8H,1-2H3,(H2,11,12). The third kappa shape index (κ3) is 1.84. The smallest absolute Gasteiger partial charge is 0.224 e. The summed E-state index contributed by atoms with van der Waals surface area (Å²) < 4.78 is 0. The van der Waals surface area contributed by atoms with Crippen molar-refractivity contribution in [3.05, 3.63) is 35.4 Å². The van der Waals surface area contributed by atoms with Crippen LogP contribution in [0.15, 0.2) is 24.3 Å². The van der Waals surface area contributed by atoms with Crippen molar-refractivity contribution in [2.45, 2.75) is 19.8 Å². The predicted molar refractivity (Wildman–Crippen MR) is 48.8 cm³/mol. The summed E-state index contributed by atoms with van der Waals surface area (Å²) in [5.41, 5.74) is 7.32. The fraction of sp³-hybridized carbons (Fsp3) is 0.300. The molecule has 1 atom stereocenters. The Morgan fingerprint density at radius 3 is 2.67 bits per heavy atom. The summed E-state index contributed by atoms with van der Waals surface area (Å²) in [4.78, 5) is 10.8. The van der Waals surface area contributed by atoms with E-state index in [2.05, 4.69) is 0 Å². The zero-order valence-corrected chi connectivity index (χ0v) is 7.37. The lowest BCUT2D eigenvalue weighted by Gasteiger charge is -2.07. The molecule has 0 saturated carbocycles. The largest absolute Gasteiger partial charge is 0.369 e. The van der Waals surface area contributed by atoms with Gasteiger partial charge >= 0.3 is 0 Å². The van der Waals surface area contributed by atoms with Gasteiger partial charge in [-0.05, 0) is 19.4 Å². The van der Waals surface area contributed by atoms with E-state index in [1.54, 1.807) is 0 Å². The molecule has 1 rings (SSSR count). The molecule has 1 aromatic rings. The van der Waals surface area contributed by atoms with E-state index in [1.165, 1.54) is 0 Å². The predicted octanol–water partition coefficient (Wildman–Crippen LogP) is 1.58. The summed E-state index contributed by atoms with van der Waals surface area (Å²) in [5.74, 6) is -0.467. The van der Waals surface area contributed by atoms with E-state index < -0.39 is 0 Å². The molecule has 2 heteroatoms. The fourth-order valence-corrected chi connectivity index (χ4v) is 1.10. The monoisotopic (exact) mass is 163 g/mol. The van der Waals surface area contributed by atoms with E-state index in [4.69, 9.17) is 5.73 Å². The highest BCUT2D eigenvalue weighted by Crippen LogP contribution is 2.15. The Morgan fingerprint density at radius 2 is 2.17 bits per heavy atom. The molecule has 1 aromatic carbocycles. The Labute approximate surface area is 72.4 Å². The summed E-state index contributed by atoms with van der Waals surface area (Å²) in [6, 6.07) is 7.83. The van der Waals surface area contributed by atoms with Crippen molar-refractivity contribution in [2.24, 2.45) is 5.73 Å². The van der Waals surface area contributed by atoms with Crippen molar-refractivity contribution in [1.82, 2.24) is 0 Å². The maximum absolute atomic E-state index is 10.8. The number of rotatable bonds is 2. The zero-order valence-electron chi connectivity index (χ0n) is 7.37. The highest BCUT2D eigenvalue weighted by molar-refractivity contribution is 5.81. The molecule has 0 spiro atoms. The lowest BCUT2D eigenvalue weighted by Crippen LogP contribution is -2.18. The molecule has 0 aliphatic carbocycles. The van der Waals surface area contributed by atoms with Crippen molar-refractivity contribution in [3.8, 4) is 0 Å². The van der Waals surface area contributed by atoms with Gasteiger partial charge in [-0.25, -0.2) is 0 Å². The van der Waals surface area contributed by atoms with Gasteiger partial charge in [-0.1, -0.05) is 29.8 Å². The van der Waals surface area contributed by atoms with Gasteiger partial charge in [0.25, 0.3) is 0 Å². The summed E-state index contributed by atoms with van der Waals surface area (Å²) >= 11 is 0. The van der Waals surface area contributed by atoms with E-state index in [9.17, 15) is 4.79 Å². The van der Waals surface area contributed by atoms with E-state index >= 15 is 0 Å². The van der Waals surface area contributed by atoms with Crippen molar-refractivity contribution >= 4 is 5.91 Å². The maximum Gasteiger partial charge on any atom is 0.224 e. The number of aryl methyl sites for hydroxylation is 1. The summed E-state index contributed by atoms with van der Waals surface area (Å²) in [7, 11) is 0. The van der Waals surface area contributed by atoms with E-state index in [1.807, 2.05) is 38.1 Å². The van der Waals surface area contributed by atoms with Gasteiger partial charge in [0, 0.05) is 0 Å². The van der Waals surface area contributed by atoms with Crippen molar-refractivity contribution < 1.29 is 4.79 Å². The summed E-state index contributed by atoms with van der Waals surface area (Å²) in [6.07, 6.45) is 0. The number of hydrogen-bond donors (Lipinski definition) is 1. The third-order valence-corrected chi connectivity index (χ3v) is 1.97. The van der Waals surface area contributed by atoms with Crippen LogP contribution in [-0.4, -0.2) is 5.91 Å². The SMILES string of the molecule is Cc1cccc(C(C)C(N)=O)c1. The first-order valence-electron chi connectivity index (χ1n) is 3.97. The lowest BCUT2D eigenvalue weighted by atomic mass is 9.99. The van der Waals surface area contributed by atoms with Crippen LogP contribution in [0.25, 0.3) is 0 Å². The van der Waals surface area contributed by atoms with E-state index in [-0.39, 0.29) is 11.8 Å². The topological polar surface area (TPSA) is 43.1 Å². The molecule has 1 unspecified atom stereocenters. The van der Waals surface area contributed by atoms with Crippen LogP contribution in [-0.2, 0) is 4.79 Å². The van der Waals surface area contributed by atoms with Crippen LogP contribution in [0.3, 0.4) is 0 Å². The van der Waals surface area contributed by atoms with Gasteiger partial charge < -0.3 is 5.73 Å². The molecule has 0 saturated heterocycles. The van der Waals surface area contributed by atoms with Gasteiger partial charge in [0.2, 0.25) is 5.91 Å². The van der Waals surface area contributed by atoms with Gasteiger partial charge in [0.1, 0.15) is 0 Å². The quantitative estimate of drug-likeness (QED) is 0.706. The molecule has 0 bridgehead atoms. The third-order valence-electron chi connectivity index (χ3n) is 1.97. The van der Waals surface area contributed by atoms with Gasteiger partial charge in [-0.2, -0.15) is 0 Å². The molecule has 1 amide bonds. The second-order valence-corrected chi connectivity index (χ2v) is 3.04.